The van der Waals surface area contributed by atoms with Crippen LogP contribution >= 0.6 is 11.6 Å². The summed E-state index contributed by atoms with van der Waals surface area (Å²) < 4.78 is 2.36. The summed E-state index contributed by atoms with van der Waals surface area (Å²) in [7, 11) is 2.18. The highest BCUT2D eigenvalue weighted by atomic mass is 35.5. The number of allylic oxidation sites excluding steroid dienone is 1. The Kier molecular flexibility index (Phi) is 4.14. The lowest BCUT2D eigenvalue weighted by Gasteiger charge is -2.23. The average Bonchev–Trinajstić information content (AvgIpc) is 2.87. The molecule has 1 aromatic carbocycles. The molecular weight excluding hydrogens is 330 g/mol. The molecule has 0 radical (unpaired) electrons. The maximum absolute atomic E-state index is 6.28. The zero-order valence-electron chi connectivity index (χ0n) is 14.9. The predicted octanol–water partition coefficient (Wildman–Crippen LogP) is 5.00. The summed E-state index contributed by atoms with van der Waals surface area (Å²) >= 11 is 6.28. The molecule has 4 heteroatoms. The summed E-state index contributed by atoms with van der Waals surface area (Å²) in [6.45, 7) is 6.25. The van der Waals surface area contributed by atoms with Crippen molar-refractivity contribution in [2.45, 2.75) is 26.8 Å². The number of likely N-dealkylation sites (N-methyl/N-ethyl adjacent to an activating group) is 1. The van der Waals surface area contributed by atoms with Crippen LogP contribution < -0.4 is 0 Å². The molecule has 128 valence electrons. The molecule has 25 heavy (non-hydrogen) atoms. The Balaban J connectivity index is 1.91. The van der Waals surface area contributed by atoms with Gasteiger partial charge in [-0.05, 0) is 67.9 Å². The van der Waals surface area contributed by atoms with Gasteiger partial charge in [0.05, 0.1) is 5.52 Å². The van der Waals surface area contributed by atoms with Crippen molar-refractivity contribution in [3.8, 4) is 0 Å². The molecule has 3 nitrogen and oxygen atoms in total. The summed E-state index contributed by atoms with van der Waals surface area (Å²) in [5, 5.41) is 2.06. The first-order valence-electron chi connectivity index (χ1n) is 8.64. The minimum Gasteiger partial charge on any atom is -0.320 e. The van der Waals surface area contributed by atoms with Crippen LogP contribution in [0.3, 0.4) is 0 Å². The van der Waals surface area contributed by atoms with Crippen molar-refractivity contribution in [3.05, 3.63) is 64.1 Å². The number of benzene rings is 1. The van der Waals surface area contributed by atoms with E-state index in [0.717, 1.165) is 30.2 Å². The fourth-order valence-corrected chi connectivity index (χ4v) is 3.88. The molecule has 1 aliphatic heterocycles. The van der Waals surface area contributed by atoms with Gasteiger partial charge in [0.2, 0.25) is 0 Å². The second-order valence-electron chi connectivity index (χ2n) is 6.94. The van der Waals surface area contributed by atoms with Gasteiger partial charge in [0.25, 0.3) is 0 Å². The van der Waals surface area contributed by atoms with E-state index in [4.69, 9.17) is 11.6 Å². The Hall–Kier alpha value is -2.10. The van der Waals surface area contributed by atoms with Crippen LogP contribution in [0, 0.1) is 6.92 Å². The van der Waals surface area contributed by atoms with Crippen LogP contribution in [0.2, 0.25) is 5.02 Å². The van der Waals surface area contributed by atoms with Crippen LogP contribution in [0.25, 0.3) is 22.7 Å². The number of hydrogen-bond acceptors (Lipinski definition) is 2. The van der Waals surface area contributed by atoms with Crippen molar-refractivity contribution in [1.29, 1.82) is 0 Å². The third kappa shape index (κ3) is 2.99. The lowest BCUT2D eigenvalue weighted by molar-refractivity contribution is 0.312. The van der Waals surface area contributed by atoms with Crippen LogP contribution in [0.1, 0.15) is 29.4 Å². The molecule has 4 rings (SSSR count). The molecule has 0 spiro atoms. The number of aryl methyl sites for hydroxylation is 1. The van der Waals surface area contributed by atoms with E-state index in [1.54, 1.807) is 0 Å². The van der Waals surface area contributed by atoms with Gasteiger partial charge in [-0.2, -0.15) is 0 Å². The highest BCUT2D eigenvalue weighted by Gasteiger charge is 2.22. The molecule has 0 aliphatic carbocycles. The minimum absolute atomic E-state index is 0.797. The number of pyridine rings is 1. The van der Waals surface area contributed by atoms with Crippen molar-refractivity contribution in [2.24, 2.45) is 0 Å². The Morgan fingerprint density at radius 2 is 2.08 bits per heavy atom. The Morgan fingerprint density at radius 1 is 1.24 bits per heavy atom. The minimum atomic E-state index is 0.797. The van der Waals surface area contributed by atoms with Gasteiger partial charge in [0, 0.05) is 53.7 Å². The van der Waals surface area contributed by atoms with E-state index in [1.807, 2.05) is 19.2 Å². The molecule has 1 aliphatic rings. The van der Waals surface area contributed by atoms with Crippen LogP contribution in [0.15, 0.2) is 36.5 Å². The second-order valence-corrected chi connectivity index (χ2v) is 7.38. The molecule has 0 fully saturated rings. The number of hydrogen-bond donors (Lipinski definition) is 0. The fraction of sp³-hybridized carbons (Fsp3) is 0.286. The smallest absolute Gasteiger partial charge is 0.0529 e. The molecular formula is C21H22ClN3. The Labute approximate surface area is 153 Å². The molecule has 0 saturated heterocycles. The first-order chi connectivity index (χ1) is 12.0. The molecule has 0 unspecified atom stereocenters. The predicted molar refractivity (Wildman–Crippen MR) is 106 cm³/mol. The fourth-order valence-electron chi connectivity index (χ4n) is 3.71. The maximum atomic E-state index is 6.28. The summed E-state index contributed by atoms with van der Waals surface area (Å²) in [4.78, 5) is 6.67. The molecule has 2 aromatic heterocycles. The van der Waals surface area contributed by atoms with E-state index in [9.17, 15) is 0 Å². The lowest BCUT2D eigenvalue weighted by atomic mass is 10.1. The molecule has 0 atom stereocenters. The van der Waals surface area contributed by atoms with Gasteiger partial charge in [-0.15, -0.1) is 0 Å². The average molecular weight is 352 g/mol. The van der Waals surface area contributed by atoms with Crippen molar-refractivity contribution in [3.63, 3.8) is 0 Å². The van der Waals surface area contributed by atoms with Gasteiger partial charge in [-0.3, -0.25) is 4.98 Å². The monoisotopic (exact) mass is 351 g/mol. The highest BCUT2D eigenvalue weighted by molar-refractivity contribution is 6.31. The van der Waals surface area contributed by atoms with E-state index in [1.165, 1.54) is 33.3 Å². The highest BCUT2D eigenvalue weighted by Crippen LogP contribution is 2.33. The number of fused-ring (bicyclic) bond motifs is 3. The van der Waals surface area contributed by atoms with E-state index in [2.05, 4.69) is 58.9 Å². The van der Waals surface area contributed by atoms with Gasteiger partial charge in [0.15, 0.2) is 0 Å². The van der Waals surface area contributed by atoms with Crippen molar-refractivity contribution < 1.29 is 0 Å². The van der Waals surface area contributed by atoms with Crippen molar-refractivity contribution in [2.75, 3.05) is 13.6 Å². The largest absolute Gasteiger partial charge is 0.320 e. The number of aromatic nitrogens is 2. The van der Waals surface area contributed by atoms with Gasteiger partial charge in [-0.1, -0.05) is 11.6 Å². The standard InChI is InChI=1S/C21H22ClN3/c1-14(16-6-8-23-15(2)10-16)12-25-20-5-4-17(22)11-18(20)19-13-24(3)9-7-21(19)25/h4-6,8,10-12H,7,9,13H2,1-3H3/b14-12+. The molecule has 0 bridgehead atoms. The van der Waals surface area contributed by atoms with Crippen LogP contribution in [0.4, 0.5) is 0 Å². The summed E-state index contributed by atoms with van der Waals surface area (Å²) in [6, 6.07) is 10.4. The Morgan fingerprint density at radius 3 is 2.88 bits per heavy atom. The van der Waals surface area contributed by atoms with Gasteiger partial charge in [0.1, 0.15) is 0 Å². The van der Waals surface area contributed by atoms with E-state index >= 15 is 0 Å². The van der Waals surface area contributed by atoms with Crippen molar-refractivity contribution in [1.82, 2.24) is 14.5 Å². The molecule has 3 heterocycles. The van der Waals surface area contributed by atoms with Gasteiger partial charge < -0.3 is 9.47 Å². The van der Waals surface area contributed by atoms with Gasteiger partial charge in [-0.25, -0.2) is 0 Å². The number of rotatable bonds is 2. The summed E-state index contributed by atoms with van der Waals surface area (Å²) in [6.07, 6.45) is 5.19. The zero-order chi connectivity index (χ0) is 17.6. The Bertz CT molecular complexity index is 984. The quantitative estimate of drug-likeness (QED) is 0.647. The van der Waals surface area contributed by atoms with E-state index in [-0.39, 0.29) is 0 Å². The molecule has 0 amide bonds. The first kappa shape index (κ1) is 16.4. The first-order valence-corrected chi connectivity index (χ1v) is 9.02. The molecule has 3 aromatic rings. The molecule has 0 saturated carbocycles. The normalized spacial score (nSPS) is 15.6. The molecule has 0 N–H and O–H groups in total. The number of halogens is 1. The van der Waals surface area contributed by atoms with E-state index in [0.29, 0.717) is 0 Å². The van der Waals surface area contributed by atoms with Gasteiger partial charge >= 0.3 is 0 Å². The summed E-state index contributed by atoms with van der Waals surface area (Å²) in [5.74, 6) is 0. The lowest BCUT2D eigenvalue weighted by Crippen LogP contribution is -2.26. The maximum Gasteiger partial charge on any atom is 0.0529 e. The zero-order valence-corrected chi connectivity index (χ0v) is 15.6. The summed E-state index contributed by atoms with van der Waals surface area (Å²) in [5.41, 5.74) is 7.53. The topological polar surface area (TPSA) is 21.1 Å². The SMILES string of the molecule is C/C(=C\n1c2c(c3cc(Cl)ccc31)CN(C)CC2)c1ccnc(C)c1. The van der Waals surface area contributed by atoms with Crippen LogP contribution in [-0.2, 0) is 13.0 Å². The third-order valence-corrected chi connectivity index (χ3v) is 5.25. The van der Waals surface area contributed by atoms with E-state index < -0.39 is 0 Å². The third-order valence-electron chi connectivity index (χ3n) is 5.02. The van der Waals surface area contributed by atoms with Crippen LogP contribution in [0.5, 0.6) is 0 Å². The van der Waals surface area contributed by atoms with Crippen molar-refractivity contribution >= 4 is 34.3 Å². The van der Waals surface area contributed by atoms with Crippen LogP contribution in [-0.4, -0.2) is 28.0 Å². The second kappa shape index (κ2) is 6.32. The number of nitrogens with zero attached hydrogens (tertiary/aromatic N) is 3.